The molecule has 0 saturated carbocycles. The monoisotopic (exact) mass is 282 g/mol. The summed E-state index contributed by atoms with van der Waals surface area (Å²) in [5.74, 6) is 0.304. The molecular weight excluding hydrogens is 260 g/mol. The van der Waals surface area contributed by atoms with Gasteiger partial charge in [-0.1, -0.05) is 32.0 Å². The van der Waals surface area contributed by atoms with Gasteiger partial charge in [-0.05, 0) is 54.7 Å². The van der Waals surface area contributed by atoms with Gasteiger partial charge in [-0.3, -0.25) is 4.79 Å². The summed E-state index contributed by atoms with van der Waals surface area (Å²) in [5.41, 5.74) is 11.1. The molecule has 0 atom stereocenters. The second kappa shape index (κ2) is 6.00. The first-order valence-corrected chi connectivity index (χ1v) is 7.16. The molecule has 0 aliphatic heterocycles. The van der Waals surface area contributed by atoms with Gasteiger partial charge in [0, 0.05) is 16.9 Å². The van der Waals surface area contributed by atoms with Crippen molar-refractivity contribution in [1.82, 2.24) is 0 Å². The first kappa shape index (κ1) is 15.1. The number of anilines is 2. The highest BCUT2D eigenvalue weighted by Crippen LogP contribution is 2.21. The smallest absolute Gasteiger partial charge is 0.256 e. The quantitative estimate of drug-likeness (QED) is 0.826. The minimum Gasteiger partial charge on any atom is -0.398 e. The SMILES string of the molecule is Cc1cc(C)c(C(=O)Nc2cccc(C(C)C)c2)cc1N. The maximum atomic E-state index is 12.4. The number of hydrogen-bond acceptors (Lipinski definition) is 2. The number of rotatable bonds is 3. The van der Waals surface area contributed by atoms with Crippen LogP contribution in [0.3, 0.4) is 0 Å². The van der Waals surface area contributed by atoms with E-state index in [1.807, 2.05) is 38.1 Å². The average Bonchev–Trinajstić information content (AvgIpc) is 2.43. The number of nitrogens with one attached hydrogen (secondary N) is 1. The number of aryl methyl sites for hydroxylation is 2. The third-order valence-electron chi connectivity index (χ3n) is 3.67. The molecule has 0 unspecified atom stereocenters. The number of carbonyl (C=O) groups excluding carboxylic acids is 1. The van der Waals surface area contributed by atoms with Gasteiger partial charge < -0.3 is 11.1 Å². The molecule has 0 saturated heterocycles. The van der Waals surface area contributed by atoms with Crippen LogP contribution in [0.4, 0.5) is 11.4 Å². The van der Waals surface area contributed by atoms with Crippen molar-refractivity contribution in [3.8, 4) is 0 Å². The van der Waals surface area contributed by atoms with E-state index in [9.17, 15) is 4.79 Å². The van der Waals surface area contributed by atoms with E-state index in [0.29, 0.717) is 17.2 Å². The van der Waals surface area contributed by atoms with Crippen molar-refractivity contribution in [2.75, 3.05) is 11.1 Å². The zero-order valence-corrected chi connectivity index (χ0v) is 13.0. The molecule has 0 heterocycles. The van der Waals surface area contributed by atoms with Crippen LogP contribution in [0.5, 0.6) is 0 Å². The van der Waals surface area contributed by atoms with Gasteiger partial charge in [-0.25, -0.2) is 0 Å². The Morgan fingerprint density at radius 1 is 1.10 bits per heavy atom. The molecule has 2 aromatic rings. The van der Waals surface area contributed by atoms with E-state index >= 15 is 0 Å². The lowest BCUT2D eigenvalue weighted by molar-refractivity contribution is 0.102. The topological polar surface area (TPSA) is 55.1 Å². The molecule has 0 spiro atoms. The zero-order valence-electron chi connectivity index (χ0n) is 13.0. The molecule has 0 fully saturated rings. The highest BCUT2D eigenvalue weighted by Gasteiger charge is 2.11. The van der Waals surface area contributed by atoms with Gasteiger partial charge in [-0.15, -0.1) is 0 Å². The molecule has 0 aromatic heterocycles. The maximum absolute atomic E-state index is 12.4. The minimum atomic E-state index is -0.125. The zero-order chi connectivity index (χ0) is 15.6. The van der Waals surface area contributed by atoms with Crippen molar-refractivity contribution in [2.24, 2.45) is 0 Å². The van der Waals surface area contributed by atoms with Crippen LogP contribution in [-0.2, 0) is 0 Å². The number of carbonyl (C=O) groups is 1. The van der Waals surface area contributed by atoms with Gasteiger partial charge in [0.05, 0.1) is 0 Å². The van der Waals surface area contributed by atoms with Crippen LogP contribution in [0.1, 0.15) is 46.8 Å². The van der Waals surface area contributed by atoms with E-state index < -0.39 is 0 Å². The Bertz CT molecular complexity index is 675. The van der Waals surface area contributed by atoms with Crippen LogP contribution in [0.25, 0.3) is 0 Å². The van der Waals surface area contributed by atoms with Crippen molar-refractivity contribution in [3.63, 3.8) is 0 Å². The minimum absolute atomic E-state index is 0.125. The second-order valence-electron chi connectivity index (χ2n) is 5.76. The van der Waals surface area contributed by atoms with Crippen molar-refractivity contribution >= 4 is 17.3 Å². The van der Waals surface area contributed by atoms with E-state index in [1.165, 1.54) is 5.56 Å². The Labute approximate surface area is 126 Å². The molecule has 110 valence electrons. The molecule has 3 heteroatoms. The van der Waals surface area contributed by atoms with Crippen LogP contribution < -0.4 is 11.1 Å². The number of nitrogen functional groups attached to an aromatic ring is 1. The van der Waals surface area contributed by atoms with Crippen molar-refractivity contribution in [1.29, 1.82) is 0 Å². The van der Waals surface area contributed by atoms with Crippen molar-refractivity contribution in [3.05, 3.63) is 58.7 Å². The van der Waals surface area contributed by atoms with Crippen LogP contribution in [0, 0.1) is 13.8 Å². The predicted octanol–water partition coefficient (Wildman–Crippen LogP) is 4.26. The lowest BCUT2D eigenvalue weighted by Crippen LogP contribution is -2.14. The lowest BCUT2D eigenvalue weighted by atomic mass is 10.0. The van der Waals surface area contributed by atoms with Crippen LogP contribution >= 0.6 is 0 Å². The highest BCUT2D eigenvalue weighted by molar-refractivity contribution is 6.06. The summed E-state index contributed by atoms with van der Waals surface area (Å²) in [4.78, 5) is 12.4. The molecule has 21 heavy (non-hydrogen) atoms. The van der Waals surface area contributed by atoms with Gasteiger partial charge in [0.15, 0.2) is 0 Å². The Kier molecular flexibility index (Phi) is 4.32. The predicted molar refractivity (Wildman–Crippen MR) is 88.8 cm³/mol. The van der Waals surface area contributed by atoms with Crippen molar-refractivity contribution < 1.29 is 4.79 Å². The lowest BCUT2D eigenvalue weighted by Gasteiger charge is -2.12. The highest BCUT2D eigenvalue weighted by atomic mass is 16.1. The standard InChI is InChI=1S/C18H22N2O/c1-11(2)14-6-5-7-15(9-14)20-18(21)16-10-17(19)13(4)8-12(16)3/h5-11H,19H2,1-4H3,(H,20,21). The van der Waals surface area contributed by atoms with E-state index in [-0.39, 0.29) is 5.91 Å². The summed E-state index contributed by atoms with van der Waals surface area (Å²) >= 11 is 0. The summed E-state index contributed by atoms with van der Waals surface area (Å²) in [5, 5.41) is 2.95. The number of nitrogens with two attached hydrogens (primary N) is 1. The molecule has 1 amide bonds. The van der Waals surface area contributed by atoms with E-state index in [1.54, 1.807) is 6.07 Å². The molecule has 3 N–H and O–H groups in total. The summed E-state index contributed by atoms with van der Waals surface area (Å²) in [6.45, 7) is 8.12. The first-order valence-electron chi connectivity index (χ1n) is 7.16. The molecule has 0 aliphatic rings. The van der Waals surface area contributed by atoms with E-state index in [0.717, 1.165) is 16.8 Å². The number of benzene rings is 2. The fourth-order valence-electron chi connectivity index (χ4n) is 2.29. The van der Waals surface area contributed by atoms with Gasteiger partial charge in [0.25, 0.3) is 5.91 Å². The third-order valence-corrected chi connectivity index (χ3v) is 3.67. The fourth-order valence-corrected chi connectivity index (χ4v) is 2.29. The number of amides is 1. The van der Waals surface area contributed by atoms with Gasteiger partial charge in [0.1, 0.15) is 0 Å². The summed E-state index contributed by atoms with van der Waals surface area (Å²) < 4.78 is 0. The molecule has 0 aliphatic carbocycles. The van der Waals surface area contributed by atoms with E-state index in [2.05, 4.69) is 25.2 Å². The summed E-state index contributed by atoms with van der Waals surface area (Å²) in [6.07, 6.45) is 0. The molecular formula is C18H22N2O. The number of hydrogen-bond donors (Lipinski definition) is 2. The van der Waals surface area contributed by atoms with Crippen LogP contribution in [0.2, 0.25) is 0 Å². The summed E-state index contributed by atoms with van der Waals surface area (Å²) in [6, 6.07) is 11.6. The van der Waals surface area contributed by atoms with Crippen LogP contribution in [0.15, 0.2) is 36.4 Å². The second-order valence-corrected chi connectivity index (χ2v) is 5.76. The molecule has 0 radical (unpaired) electrons. The molecule has 3 nitrogen and oxygen atoms in total. The van der Waals surface area contributed by atoms with Crippen LogP contribution in [-0.4, -0.2) is 5.91 Å². The maximum Gasteiger partial charge on any atom is 0.256 e. The van der Waals surface area contributed by atoms with Gasteiger partial charge in [0.2, 0.25) is 0 Å². The first-order chi connectivity index (χ1) is 9.88. The Morgan fingerprint density at radius 3 is 2.48 bits per heavy atom. The van der Waals surface area contributed by atoms with Gasteiger partial charge in [-0.2, -0.15) is 0 Å². The molecule has 0 bridgehead atoms. The Hall–Kier alpha value is -2.29. The molecule has 2 aromatic carbocycles. The Balaban J connectivity index is 2.26. The average molecular weight is 282 g/mol. The van der Waals surface area contributed by atoms with Gasteiger partial charge >= 0.3 is 0 Å². The Morgan fingerprint density at radius 2 is 1.81 bits per heavy atom. The normalized spacial score (nSPS) is 10.7. The third kappa shape index (κ3) is 3.43. The van der Waals surface area contributed by atoms with Crippen molar-refractivity contribution in [2.45, 2.75) is 33.6 Å². The summed E-state index contributed by atoms with van der Waals surface area (Å²) in [7, 11) is 0. The van der Waals surface area contributed by atoms with E-state index in [4.69, 9.17) is 5.73 Å². The largest absolute Gasteiger partial charge is 0.398 e. The molecule has 2 rings (SSSR count). The fraction of sp³-hybridized carbons (Fsp3) is 0.278.